The van der Waals surface area contributed by atoms with E-state index >= 15 is 0 Å². The molecule has 0 spiro atoms. The van der Waals surface area contributed by atoms with Crippen molar-refractivity contribution in [3.63, 3.8) is 0 Å². The molecule has 96 valence electrons. The summed E-state index contributed by atoms with van der Waals surface area (Å²) >= 11 is 8.48. The van der Waals surface area contributed by atoms with Crippen molar-refractivity contribution < 1.29 is 4.39 Å². The highest BCUT2D eigenvalue weighted by Gasteiger charge is 2.16. The molecular weight excluding hydrogens is 381 g/mol. The zero-order valence-electron chi connectivity index (χ0n) is 9.93. The van der Waals surface area contributed by atoms with Crippen molar-refractivity contribution in [3.05, 3.63) is 53.8 Å². The van der Waals surface area contributed by atoms with Gasteiger partial charge in [0.25, 0.3) is 0 Å². The lowest BCUT2D eigenvalue weighted by molar-refractivity contribution is 0.607. The summed E-state index contributed by atoms with van der Waals surface area (Å²) in [7, 11) is 0. The Hall–Kier alpha value is -0.230. The van der Waals surface area contributed by atoms with E-state index in [-0.39, 0.29) is 11.9 Å². The third-order valence-electron chi connectivity index (χ3n) is 2.79. The van der Waals surface area contributed by atoms with Gasteiger partial charge in [-0.1, -0.05) is 12.1 Å². The van der Waals surface area contributed by atoms with Crippen molar-refractivity contribution in [3.8, 4) is 0 Å². The number of thiophene rings is 1. The molecule has 2 N–H and O–H groups in total. The standard InChI is InChI=1S/C13H12Br2FNS/c1-6-3-8(4-7(2)11(6)16)12(17)10-5-9(14)13(15)18-10/h3-5,12H,17H2,1-2H3. The van der Waals surface area contributed by atoms with Gasteiger partial charge in [0, 0.05) is 9.35 Å². The molecule has 1 nitrogen and oxygen atoms in total. The van der Waals surface area contributed by atoms with Crippen LogP contribution in [-0.2, 0) is 0 Å². The zero-order valence-corrected chi connectivity index (χ0v) is 13.9. The van der Waals surface area contributed by atoms with Gasteiger partial charge in [0.1, 0.15) is 5.82 Å². The third kappa shape index (κ3) is 2.69. The van der Waals surface area contributed by atoms with Crippen molar-refractivity contribution in [2.24, 2.45) is 5.73 Å². The summed E-state index contributed by atoms with van der Waals surface area (Å²) in [6.07, 6.45) is 0. The number of halogens is 3. The molecule has 1 unspecified atom stereocenters. The molecule has 1 atom stereocenters. The van der Waals surface area contributed by atoms with Crippen LogP contribution in [0.25, 0.3) is 0 Å². The first kappa shape index (κ1) is 14.2. The zero-order chi connectivity index (χ0) is 13.4. The van der Waals surface area contributed by atoms with E-state index in [2.05, 4.69) is 31.9 Å². The number of benzene rings is 1. The molecule has 2 rings (SSSR count). The van der Waals surface area contributed by atoms with E-state index in [1.54, 1.807) is 25.2 Å². The molecule has 5 heteroatoms. The van der Waals surface area contributed by atoms with Crippen molar-refractivity contribution in [2.45, 2.75) is 19.9 Å². The predicted octanol–water partition coefficient (Wildman–Crippen LogP) is 5.08. The van der Waals surface area contributed by atoms with Crippen molar-refractivity contribution in [1.29, 1.82) is 0 Å². The minimum atomic E-state index is -0.226. The molecule has 0 saturated heterocycles. The van der Waals surface area contributed by atoms with Crippen LogP contribution >= 0.6 is 43.2 Å². The maximum Gasteiger partial charge on any atom is 0.129 e. The smallest absolute Gasteiger partial charge is 0.129 e. The molecule has 0 saturated carbocycles. The summed E-state index contributed by atoms with van der Waals surface area (Å²) in [5, 5.41) is 0. The molecule has 0 radical (unpaired) electrons. The van der Waals surface area contributed by atoms with Crippen LogP contribution in [0.3, 0.4) is 0 Å². The van der Waals surface area contributed by atoms with Crippen LogP contribution in [0.1, 0.15) is 27.6 Å². The second-order valence-electron chi connectivity index (χ2n) is 4.22. The summed E-state index contributed by atoms with van der Waals surface area (Å²) in [5.74, 6) is -0.153. The van der Waals surface area contributed by atoms with Gasteiger partial charge in [-0.25, -0.2) is 4.39 Å². The van der Waals surface area contributed by atoms with Gasteiger partial charge in [-0.15, -0.1) is 11.3 Å². The Bertz CT molecular complexity index is 552. The predicted molar refractivity (Wildman–Crippen MR) is 81.6 cm³/mol. The van der Waals surface area contributed by atoms with Gasteiger partial charge >= 0.3 is 0 Å². The highest BCUT2D eigenvalue weighted by molar-refractivity contribution is 9.13. The number of aryl methyl sites for hydroxylation is 2. The molecule has 1 aromatic heterocycles. The van der Waals surface area contributed by atoms with Gasteiger partial charge in [0.2, 0.25) is 0 Å². The van der Waals surface area contributed by atoms with Crippen LogP contribution in [0.4, 0.5) is 4.39 Å². The maximum absolute atomic E-state index is 13.6. The van der Waals surface area contributed by atoms with Gasteiger partial charge in [0.05, 0.1) is 9.83 Å². The average Bonchev–Trinajstić information content (AvgIpc) is 2.65. The average molecular weight is 393 g/mol. The summed E-state index contributed by atoms with van der Waals surface area (Å²) in [5.41, 5.74) is 8.44. The van der Waals surface area contributed by atoms with Crippen molar-refractivity contribution in [1.82, 2.24) is 0 Å². The topological polar surface area (TPSA) is 26.0 Å². The Morgan fingerprint density at radius 2 is 1.72 bits per heavy atom. The largest absolute Gasteiger partial charge is 0.320 e. The van der Waals surface area contributed by atoms with E-state index in [9.17, 15) is 4.39 Å². The highest BCUT2D eigenvalue weighted by Crippen LogP contribution is 2.37. The Kier molecular flexibility index (Phi) is 4.26. The molecule has 0 aliphatic rings. The van der Waals surface area contributed by atoms with Gasteiger partial charge in [-0.05, 0) is 68.5 Å². The van der Waals surface area contributed by atoms with E-state index < -0.39 is 0 Å². The van der Waals surface area contributed by atoms with Gasteiger partial charge in [-0.2, -0.15) is 0 Å². The van der Waals surface area contributed by atoms with Crippen LogP contribution in [0, 0.1) is 19.7 Å². The minimum Gasteiger partial charge on any atom is -0.320 e. The minimum absolute atomic E-state index is 0.153. The lowest BCUT2D eigenvalue weighted by Gasteiger charge is -2.13. The lowest BCUT2D eigenvalue weighted by Crippen LogP contribution is -2.11. The van der Waals surface area contributed by atoms with Crippen LogP contribution in [0.15, 0.2) is 26.5 Å². The summed E-state index contributed by atoms with van der Waals surface area (Å²) < 4.78 is 15.6. The fourth-order valence-electron chi connectivity index (χ4n) is 1.84. The monoisotopic (exact) mass is 391 g/mol. The lowest BCUT2D eigenvalue weighted by atomic mass is 10.0. The summed E-state index contributed by atoms with van der Waals surface area (Å²) in [4.78, 5) is 1.04. The van der Waals surface area contributed by atoms with Crippen LogP contribution in [0.2, 0.25) is 0 Å². The molecule has 1 heterocycles. The van der Waals surface area contributed by atoms with Crippen molar-refractivity contribution >= 4 is 43.2 Å². The number of hydrogen-bond acceptors (Lipinski definition) is 2. The quantitative estimate of drug-likeness (QED) is 0.757. The SMILES string of the molecule is Cc1cc(C(N)c2cc(Br)c(Br)s2)cc(C)c1F. The first-order chi connectivity index (χ1) is 8.40. The fourth-order valence-corrected chi connectivity index (χ4v) is 3.96. The van der Waals surface area contributed by atoms with E-state index in [1.165, 1.54) is 0 Å². The molecule has 1 aromatic carbocycles. The maximum atomic E-state index is 13.6. The van der Waals surface area contributed by atoms with Crippen LogP contribution in [-0.4, -0.2) is 0 Å². The molecule has 2 aromatic rings. The second-order valence-corrected chi connectivity index (χ2v) is 7.47. The first-order valence-electron chi connectivity index (χ1n) is 5.37. The molecule has 0 amide bonds. The van der Waals surface area contributed by atoms with Gasteiger partial charge in [0.15, 0.2) is 0 Å². The molecule has 18 heavy (non-hydrogen) atoms. The summed E-state index contributed by atoms with van der Waals surface area (Å²) in [6.45, 7) is 3.53. The number of hydrogen-bond donors (Lipinski definition) is 1. The van der Waals surface area contributed by atoms with Gasteiger partial charge < -0.3 is 5.73 Å². The van der Waals surface area contributed by atoms with E-state index in [1.807, 2.05) is 18.2 Å². The van der Waals surface area contributed by atoms with Crippen LogP contribution in [0.5, 0.6) is 0 Å². The van der Waals surface area contributed by atoms with E-state index in [0.717, 1.165) is 18.7 Å². The Morgan fingerprint density at radius 3 is 2.17 bits per heavy atom. The normalized spacial score (nSPS) is 12.8. The summed E-state index contributed by atoms with van der Waals surface area (Å²) in [6, 6.07) is 5.40. The Morgan fingerprint density at radius 1 is 1.17 bits per heavy atom. The molecule has 0 bridgehead atoms. The Labute approximate surface area is 126 Å². The first-order valence-corrected chi connectivity index (χ1v) is 7.77. The molecule has 0 aliphatic heterocycles. The highest BCUT2D eigenvalue weighted by atomic mass is 79.9. The molecular formula is C13H12Br2FNS. The van der Waals surface area contributed by atoms with Crippen molar-refractivity contribution in [2.75, 3.05) is 0 Å². The number of nitrogens with two attached hydrogens (primary N) is 1. The van der Waals surface area contributed by atoms with Gasteiger partial charge in [-0.3, -0.25) is 0 Å². The second kappa shape index (κ2) is 5.41. The Balaban J connectivity index is 2.42. The third-order valence-corrected chi connectivity index (χ3v) is 6.13. The fraction of sp³-hybridized carbons (Fsp3) is 0.231. The molecule has 0 aliphatic carbocycles. The van der Waals surface area contributed by atoms with E-state index in [4.69, 9.17) is 5.73 Å². The van der Waals surface area contributed by atoms with Crippen LogP contribution < -0.4 is 5.73 Å². The number of rotatable bonds is 2. The van der Waals surface area contributed by atoms with E-state index in [0.29, 0.717) is 11.1 Å². The molecule has 0 fully saturated rings.